The summed E-state index contributed by atoms with van der Waals surface area (Å²) in [5.74, 6) is 0.121. The highest BCUT2D eigenvalue weighted by atomic mass is 35.5. The first-order valence-corrected chi connectivity index (χ1v) is 12.8. The fourth-order valence-corrected chi connectivity index (χ4v) is 4.95. The number of nitrogens with zero attached hydrogens (tertiary/aromatic N) is 1. The van der Waals surface area contributed by atoms with Gasteiger partial charge in [-0.2, -0.15) is 5.10 Å². The van der Waals surface area contributed by atoms with Gasteiger partial charge in [-0.15, -0.1) is 0 Å². The van der Waals surface area contributed by atoms with Gasteiger partial charge in [0.25, 0.3) is 5.91 Å². The zero-order valence-corrected chi connectivity index (χ0v) is 21.5. The average Bonchev–Trinajstić information content (AvgIpc) is 3.42. The maximum Gasteiger partial charge on any atom is 0.251 e. The lowest BCUT2D eigenvalue weighted by molar-refractivity contribution is 0.0953. The average molecular weight is 526 g/mol. The topological polar surface area (TPSA) is 57.8 Å². The van der Waals surface area contributed by atoms with Crippen LogP contribution in [0.25, 0.3) is 22.5 Å². The molecule has 1 aromatic heterocycles. The van der Waals surface area contributed by atoms with Crippen LogP contribution in [0, 0.1) is 0 Å². The predicted molar refractivity (Wildman–Crippen MR) is 151 cm³/mol. The Morgan fingerprint density at radius 1 is 0.811 bits per heavy atom. The summed E-state index contributed by atoms with van der Waals surface area (Å²) >= 11 is 12.3. The van der Waals surface area contributed by atoms with Crippen LogP contribution in [0.5, 0.6) is 0 Å². The molecule has 0 atom stereocenters. The van der Waals surface area contributed by atoms with E-state index in [1.54, 1.807) is 12.1 Å². The van der Waals surface area contributed by atoms with Crippen molar-refractivity contribution in [2.45, 2.75) is 12.3 Å². The lowest BCUT2D eigenvalue weighted by atomic mass is 9.88. The number of amides is 1. The Morgan fingerprint density at radius 2 is 1.46 bits per heavy atom. The van der Waals surface area contributed by atoms with Gasteiger partial charge in [0.1, 0.15) is 0 Å². The van der Waals surface area contributed by atoms with Gasteiger partial charge in [-0.05, 0) is 53.9 Å². The number of halogens is 2. The molecule has 0 aliphatic carbocycles. The highest BCUT2D eigenvalue weighted by Gasteiger charge is 2.15. The number of hydrogen-bond acceptors (Lipinski definition) is 2. The molecule has 0 aliphatic rings. The van der Waals surface area contributed by atoms with Crippen molar-refractivity contribution >= 4 is 29.1 Å². The molecule has 0 radical (unpaired) electrons. The standard InChI is InChI=1S/C31H25Cl2N3O/c32-25-15-16-27(28(33)19-25)30-20-29(35-36-30)23-11-13-24(14-12-23)31(37)34-18-17-26(21-7-3-1-4-8-21)22-9-5-2-6-10-22/h1-16,19-20,26H,17-18H2,(H,34,37)(H,35,36). The van der Waals surface area contributed by atoms with E-state index in [2.05, 4.69) is 64.0 Å². The first-order chi connectivity index (χ1) is 18.1. The Balaban J connectivity index is 1.23. The molecule has 0 aliphatic heterocycles. The van der Waals surface area contributed by atoms with Gasteiger partial charge >= 0.3 is 0 Å². The maximum atomic E-state index is 12.8. The molecule has 6 heteroatoms. The second-order valence-electron chi connectivity index (χ2n) is 8.79. The molecule has 0 bridgehead atoms. The molecule has 37 heavy (non-hydrogen) atoms. The van der Waals surface area contributed by atoms with Crippen LogP contribution in [0.1, 0.15) is 33.8 Å². The number of carbonyl (C=O) groups is 1. The van der Waals surface area contributed by atoms with E-state index in [-0.39, 0.29) is 11.8 Å². The second kappa shape index (κ2) is 11.5. The van der Waals surface area contributed by atoms with E-state index in [0.29, 0.717) is 22.2 Å². The predicted octanol–water partition coefficient (Wildman–Crippen LogP) is 8.00. The van der Waals surface area contributed by atoms with Gasteiger partial charge in [0.2, 0.25) is 0 Å². The lowest BCUT2D eigenvalue weighted by Gasteiger charge is -2.18. The van der Waals surface area contributed by atoms with E-state index >= 15 is 0 Å². The molecule has 1 heterocycles. The number of hydrogen-bond donors (Lipinski definition) is 2. The summed E-state index contributed by atoms with van der Waals surface area (Å²) in [6.45, 7) is 0.569. The third-order valence-corrected chi connectivity index (χ3v) is 6.91. The molecule has 4 aromatic carbocycles. The minimum atomic E-state index is -0.0953. The lowest BCUT2D eigenvalue weighted by Crippen LogP contribution is -2.25. The van der Waals surface area contributed by atoms with Crippen LogP contribution in [0.2, 0.25) is 10.0 Å². The molecule has 0 fully saturated rings. The molecule has 4 nitrogen and oxygen atoms in total. The van der Waals surface area contributed by atoms with Gasteiger partial charge in [-0.25, -0.2) is 0 Å². The summed E-state index contributed by atoms with van der Waals surface area (Å²) in [7, 11) is 0. The van der Waals surface area contributed by atoms with E-state index in [9.17, 15) is 4.79 Å². The van der Waals surface area contributed by atoms with Crippen molar-refractivity contribution in [2.75, 3.05) is 6.54 Å². The highest BCUT2D eigenvalue weighted by Crippen LogP contribution is 2.31. The van der Waals surface area contributed by atoms with Crippen LogP contribution >= 0.6 is 23.2 Å². The molecule has 5 rings (SSSR count). The summed E-state index contributed by atoms with van der Waals surface area (Å²) in [6, 6.07) is 35.5. The van der Waals surface area contributed by atoms with E-state index in [0.717, 1.165) is 28.9 Å². The monoisotopic (exact) mass is 525 g/mol. The van der Waals surface area contributed by atoms with Gasteiger partial charge < -0.3 is 5.32 Å². The normalized spacial score (nSPS) is 11.0. The zero-order valence-electron chi connectivity index (χ0n) is 20.0. The number of aromatic amines is 1. The van der Waals surface area contributed by atoms with E-state index in [4.69, 9.17) is 23.2 Å². The molecule has 0 saturated carbocycles. The number of carbonyl (C=O) groups excluding carboxylic acids is 1. The summed E-state index contributed by atoms with van der Waals surface area (Å²) < 4.78 is 0. The molecule has 5 aromatic rings. The van der Waals surface area contributed by atoms with Crippen molar-refractivity contribution in [1.82, 2.24) is 15.5 Å². The molecule has 1 amide bonds. The minimum Gasteiger partial charge on any atom is -0.352 e. The summed E-state index contributed by atoms with van der Waals surface area (Å²) in [6.07, 6.45) is 0.807. The fourth-order valence-electron chi connectivity index (χ4n) is 4.44. The van der Waals surface area contributed by atoms with Crippen molar-refractivity contribution in [1.29, 1.82) is 0 Å². The SMILES string of the molecule is O=C(NCCC(c1ccccc1)c1ccccc1)c1ccc(-c2cc(-c3ccc(Cl)cc3Cl)[nH]n2)cc1. The molecule has 0 saturated heterocycles. The quantitative estimate of drug-likeness (QED) is 0.215. The van der Waals surface area contributed by atoms with Crippen molar-refractivity contribution in [3.63, 3.8) is 0 Å². The van der Waals surface area contributed by atoms with Crippen molar-refractivity contribution < 1.29 is 4.79 Å². The van der Waals surface area contributed by atoms with E-state index in [1.165, 1.54) is 11.1 Å². The van der Waals surface area contributed by atoms with Crippen LogP contribution < -0.4 is 5.32 Å². The van der Waals surface area contributed by atoms with Gasteiger partial charge in [-0.1, -0.05) is 96.0 Å². The van der Waals surface area contributed by atoms with Crippen LogP contribution in [-0.4, -0.2) is 22.6 Å². The second-order valence-corrected chi connectivity index (χ2v) is 9.63. The summed E-state index contributed by atoms with van der Waals surface area (Å²) in [4.78, 5) is 12.8. The van der Waals surface area contributed by atoms with Crippen molar-refractivity contribution in [2.24, 2.45) is 0 Å². The minimum absolute atomic E-state index is 0.0953. The first kappa shape index (κ1) is 24.8. The third kappa shape index (κ3) is 5.93. The Bertz CT molecular complexity index is 1440. The largest absolute Gasteiger partial charge is 0.352 e. The Labute approximate surface area is 226 Å². The van der Waals surface area contributed by atoms with Gasteiger partial charge in [-0.3, -0.25) is 9.89 Å². The molecule has 2 N–H and O–H groups in total. The molecule has 184 valence electrons. The Kier molecular flexibility index (Phi) is 7.69. The van der Waals surface area contributed by atoms with E-state index in [1.807, 2.05) is 48.5 Å². The summed E-state index contributed by atoms with van der Waals surface area (Å²) in [5.41, 5.74) is 6.38. The molecule has 0 spiro atoms. The number of H-pyrrole nitrogens is 1. The highest BCUT2D eigenvalue weighted by molar-refractivity contribution is 6.36. The van der Waals surface area contributed by atoms with Crippen LogP contribution in [0.3, 0.4) is 0 Å². The van der Waals surface area contributed by atoms with Crippen LogP contribution in [0.15, 0.2) is 109 Å². The van der Waals surface area contributed by atoms with Gasteiger partial charge in [0.05, 0.1) is 16.4 Å². The van der Waals surface area contributed by atoms with Crippen molar-refractivity contribution in [3.05, 3.63) is 136 Å². The van der Waals surface area contributed by atoms with Crippen LogP contribution in [-0.2, 0) is 0 Å². The molecule has 0 unspecified atom stereocenters. The number of rotatable bonds is 8. The molecular weight excluding hydrogens is 501 g/mol. The van der Waals surface area contributed by atoms with Crippen LogP contribution in [0.4, 0.5) is 0 Å². The van der Waals surface area contributed by atoms with Gasteiger partial charge in [0.15, 0.2) is 0 Å². The maximum absolute atomic E-state index is 12.8. The fraction of sp³-hybridized carbons (Fsp3) is 0.0968. The van der Waals surface area contributed by atoms with Crippen molar-refractivity contribution in [3.8, 4) is 22.5 Å². The summed E-state index contributed by atoms with van der Waals surface area (Å²) in [5, 5.41) is 11.6. The zero-order chi connectivity index (χ0) is 25.6. The number of nitrogens with one attached hydrogen (secondary N) is 2. The Morgan fingerprint density at radius 3 is 2.08 bits per heavy atom. The third-order valence-electron chi connectivity index (χ3n) is 6.36. The number of aromatic nitrogens is 2. The van der Waals surface area contributed by atoms with Gasteiger partial charge in [0, 0.05) is 34.2 Å². The first-order valence-electron chi connectivity index (χ1n) is 12.1. The number of benzene rings is 4. The smallest absolute Gasteiger partial charge is 0.251 e. The molecular formula is C31H25Cl2N3O. The Hall–Kier alpha value is -3.86. The van der Waals surface area contributed by atoms with E-state index < -0.39 is 0 Å².